The first-order valence-corrected chi connectivity index (χ1v) is 11.4. The lowest BCUT2D eigenvalue weighted by Gasteiger charge is -2.10. The standard InChI is InChI=1S/C21H25F3N6O2S/c1-3-11-33-20-28-17(25-8-10-32-2)16-13-27-30(18(16)29-20)9-7-26-19(31)14-5-4-6-15(12-14)21(22,23)24/h4-6,12-13H,3,7-11H2,1-2H3,(H,26,31)(H,25,28,29). The fraction of sp³-hybridized carbons (Fsp3) is 0.429. The van der Waals surface area contributed by atoms with Gasteiger partial charge in [0.15, 0.2) is 10.8 Å². The molecule has 0 spiro atoms. The van der Waals surface area contributed by atoms with E-state index >= 15 is 0 Å². The summed E-state index contributed by atoms with van der Waals surface area (Å²) in [6, 6.07) is 4.32. The zero-order chi connectivity index (χ0) is 23.8. The summed E-state index contributed by atoms with van der Waals surface area (Å²) in [7, 11) is 1.62. The molecule has 8 nitrogen and oxygen atoms in total. The van der Waals surface area contributed by atoms with Crippen LogP contribution in [0.3, 0.4) is 0 Å². The number of aromatic nitrogens is 4. The van der Waals surface area contributed by atoms with Crippen molar-refractivity contribution in [2.24, 2.45) is 0 Å². The number of hydrogen-bond donors (Lipinski definition) is 2. The number of carbonyl (C=O) groups is 1. The Morgan fingerprint density at radius 3 is 2.79 bits per heavy atom. The van der Waals surface area contributed by atoms with E-state index < -0.39 is 17.6 Å². The third kappa shape index (κ3) is 6.57. The Morgan fingerprint density at radius 1 is 1.24 bits per heavy atom. The van der Waals surface area contributed by atoms with E-state index in [2.05, 4.69) is 32.6 Å². The molecule has 0 fully saturated rings. The third-order valence-electron chi connectivity index (χ3n) is 4.57. The van der Waals surface area contributed by atoms with E-state index in [0.717, 1.165) is 29.7 Å². The summed E-state index contributed by atoms with van der Waals surface area (Å²) in [4.78, 5) is 21.5. The molecule has 178 valence electrons. The minimum Gasteiger partial charge on any atom is -0.383 e. The quantitative estimate of drug-likeness (QED) is 0.244. The number of alkyl halides is 3. The number of nitrogens with zero attached hydrogens (tertiary/aromatic N) is 4. The molecule has 2 aromatic heterocycles. The molecule has 12 heteroatoms. The topological polar surface area (TPSA) is 94.0 Å². The number of halogens is 3. The van der Waals surface area contributed by atoms with Crippen molar-refractivity contribution in [3.63, 3.8) is 0 Å². The van der Waals surface area contributed by atoms with Gasteiger partial charge in [-0.3, -0.25) is 4.79 Å². The lowest BCUT2D eigenvalue weighted by molar-refractivity contribution is -0.137. The highest BCUT2D eigenvalue weighted by Gasteiger charge is 2.30. The van der Waals surface area contributed by atoms with Gasteiger partial charge < -0.3 is 15.4 Å². The zero-order valence-electron chi connectivity index (χ0n) is 18.3. The first kappa shape index (κ1) is 24.8. The minimum atomic E-state index is -4.51. The second-order valence-corrected chi connectivity index (χ2v) is 8.12. The molecule has 0 radical (unpaired) electrons. The van der Waals surface area contributed by atoms with E-state index in [0.29, 0.717) is 36.3 Å². The number of anilines is 1. The molecule has 0 unspecified atom stereocenters. The maximum absolute atomic E-state index is 12.9. The van der Waals surface area contributed by atoms with Crippen LogP contribution in [0.1, 0.15) is 29.3 Å². The highest BCUT2D eigenvalue weighted by molar-refractivity contribution is 7.99. The van der Waals surface area contributed by atoms with Gasteiger partial charge in [-0.15, -0.1) is 0 Å². The van der Waals surface area contributed by atoms with Crippen molar-refractivity contribution in [2.75, 3.05) is 37.9 Å². The monoisotopic (exact) mass is 482 g/mol. The van der Waals surface area contributed by atoms with Crippen LogP contribution in [0.4, 0.5) is 19.0 Å². The van der Waals surface area contributed by atoms with Crippen LogP contribution in [-0.2, 0) is 17.5 Å². The number of fused-ring (bicyclic) bond motifs is 1. The second-order valence-electron chi connectivity index (χ2n) is 7.06. The van der Waals surface area contributed by atoms with E-state index in [-0.39, 0.29) is 12.1 Å². The van der Waals surface area contributed by atoms with E-state index in [4.69, 9.17) is 4.74 Å². The molecule has 1 amide bonds. The number of carbonyl (C=O) groups excluding carboxylic acids is 1. The highest BCUT2D eigenvalue weighted by Crippen LogP contribution is 2.29. The lowest BCUT2D eigenvalue weighted by Crippen LogP contribution is -2.27. The van der Waals surface area contributed by atoms with Crippen molar-refractivity contribution >= 4 is 34.5 Å². The van der Waals surface area contributed by atoms with Gasteiger partial charge in [0, 0.05) is 31.5 Å². The molecule has 0 saturated heterocycles. The molecule has 0 aliphatic carbocycles. The average Bonchev–Trinajstić information content (AvgIpc) is 3.20. The molecule has 0 bridgehead atoms. The van der Waals surface area contributed by atoms with Crippen LogP contribution in [0, 0.1) is 0 Å². The molecule has 3 rings (SSSR count). The Kier molecular flexibility index (Phi) is 8.50. The van der Waals surface area contributed by atoms with Crippen molar-refractivity contribution in [2.45, 2.75) is 31.2 Å². The molecule has 0 aliphatic rings. The number of benzene rings is 1. The normalized spacial score (nSPS) is 11.7. The van der Waals surface area contributed by atoms with Gasteiger partial charge in [0.2, 0.25) is 0 Å². The van der Waals surface area contributed by atoms with Gasteiger partial charge >= 0.3 is 6.18 Å². The number of thioether (sulfide) groups is 1. The molecule has 2 heterocycles. The SMILES string of the molecule is CCCSc1nc(NCCOC)c2cnn(CCNC(=O)c3cccc(C(F)(F)F)c3)c2n1. The van der Waals surface area contributed by atoms with Crippen molar-refractivity contribution in [3.05, 3.63) is 41.6 Å². The Hall–Kier alpha value is -2.86. The summed E-state index contributed by atoms with van der Waals surface area (Å²) < 4.78 is 45.4. The molecule has 3 aromatic rings. The van der Waals surface area contributed by atoms with Crippen LogP contribution in [-0.4, -0.2) is 58.2 Å². The van der Waals surface area contributed by atoms with Gasteiger partial charge in [-0.2, -0.15) is 18.3 Å². The maximum atomic E-state index is 12.9. The fourth-order valence-corrected chi connectivity index (χ4v) is 3.67. The van der Waals surface area contributed by atoms with E-state index in [1.54, 1.807) is 18.0 Å². The predicted octanol–water partition coefficient (Wildman–Crippen LogP) is 3.84. The number of rotatable bonds is 11. The van der Waals surface area contributed by atoms with Crippen molar-refractivity contribution in [1.29, 1.82) is 0 Å². The Balaban J connectivity index is 1.72. The molecular weight excluding hydrogens is 457 g/mol. The number of amides is 1. The van der Waals surface area contributed by atoms with E-state index in [1.807, 2.05) is 0 Å². The first-order chi connectivity index (χ1) is 15.8. The van der Waals surface area contributed by atoms with Crippen molar-refractivity contribution in [1.82, 2.24) is 25.1 Å². The fourth-order valence-electron chi connectivity index (χ4n) is 2.98. The molecule has 33 heavy (non-hydrogen) atoms. The van der Waals surface area contributed by atoms with E-state index in [1.165, 1.54) is 23.9 Å². The van der Waals surface area contributed by atoms with Crippen molar-refractivity contribution in [3.8, 4) is 0 Å². The summed E-state index contributed by atoms with van der Waals surface area (Å²) in [5, 5.41) is 11.6. The maximum Gasteiger partial charge on any atom is 0.416 e. The summed E-state index contributed by atoms with van der Waals surface area (Å²) >= 11 is 1.53. The second kappa shape index (κ2) is 11.3. The smallest absolute Gasteiger partial charge is 0.383 e. The molecule has 2 N–H and O–H groups in total. The van der Waals surface area contributed by atoms with Crippen LogP contribution >= 0.6 is 11.8 Å². The van der Waals surface area contributed by atoms with Crippen LogP contribution in [0.15, 0.2) is 35.6 Å². The van der Waals surface area contributed by atoms with Crippen LogP contribution in [0.2, 0.25) is 0 Å². The van der Waals surface area contributed by atoms with Gasteiger partial charge in [-0.25, -0.2) is 14.6 Å². The van der Waals surface area contributed by atoms with Crippen LogP contribution in [0.25, 0.3) is 11.0 Å². The van der Waals surface area contributed by atoms with Gasteiger partial charge in [0.25, 0.3) is 5.91 Å². The van der Waals surface area contributed by atoms with Crippen LogP contribution in [0.5, 0.6) is 0 Å². The number of nitrogens with one attached hydrogen (secondary N) is 2. The molecule has 0 atom stereocenters. The highest BCUT2D eigenvalue weighted by atomic mass is 32.2. The molecular formula is C21H25F3N6O2S. The Labute approximate surface area is 193 Å². The van der Waals surface area contributed by atoms with Gasteiger partial charge in [-0.1, -0.05) is 24.8 Å². The van der Waals surface area contributed by atoms with Gasteiger partial charge in [-0.05, 0) is 24.6 Å². The number of hydrogen-bond acceptors (Lipinski definition) is 7. The average molecular weight is 483 g/mol. The molecule has 0 saturated carbocycles. The molecule has 0 aliphatic heterocycles. The summed E-state index contributed by atoms with van der Waals surface area (Å²) in [6.45, 7) is 3.61. The number of methoxy groups -OCH3 is 1. The van der Waals surface area contributed by atoms with Gasteiger partial charge in [0.05, 0.1) is 30.3 Å². The number of ether oxygens (including phenoxy) is 1. The van der Waals surface area contributed by atoms with Gasteiger partial charge in [0.1, 0.15) is 5.82 Å². The van der Waals surface area contributed by atoms with Crippen LogP contribution < -0.4 is 10.6 Å². The summed E-state index contributed by atoms with van der Waals surface area (Å²) in [5.41, 5.74) is -0.312. The Bertz CT molecular complexity index is 1090. The third-order valence-corrected chi connectivity index (χ3v) is 5.62. The van der Waals surface area contributed by atoms with Crippen molar-refractivity contribution < 1.29 is 22.7 Å². The summed E-state index contributed by atoms with van der Waals surface area (Å²) in [6.07, 6.45) is -1.89. The lowest BCUT2D eigenvalue weighted by atomic mass is 10.1. The predicted molar refractivity (Wildman–Crippen MR) is 120 cm³/mol. The largest absolute Gasteiger partial charge is 0.416 e. The zero-order valence-corrected chi connectivity index (χ0v) is 19.1. The van der Waals surface area contributed by atoms with E-state index in [9.17, 15) is 18.0 Å². The molecule has 1 aromatic carbocycles. The summed E-state index contributed by atoms with van der Waals surface area (Å²) in [5.74, 6) is 0.924. The minimum absolute atomic E-state index is 0.0552. The Morgan fingerprint density at radius 2 is 2.06 bits per heavy atom. The first-order valence-electron chi connectivity index (χ1n) is 10.4.